The van der Waals surface area contributed by atoms with Gasteiger partial charge in [0.15, 0.2) is 6.10 Å². The molecule has 0 spiro atoms. The Bertz CT molecular complexity index is 1160. The quantitative estimate of drug-likeness (QED) is 0.0261. The Labute approximate surface area is 429 Å². The molecule has 0 aromatic rings. The molecule has 0 aromatic heterocycles. The van der Waals surface area contributed by atoms with Gasteiger partial charge in [0.05, 0.1) is 0 Å². The Kier molecular flexibility index (Phi) is 56.2. The van der Waals surface area contributed by atoms with Crippen LogP contribution in [0.2, 0.25) is 0 Å². The number of hydrogen-bond acceptors (Lipinski definition) is 6. The van der Waals surface area contributed by atoms with Gasteiger partial charge < -0.3 is 14.2 Å². The van der Waals surface area contributed by atoms with Crippen molar-refractivity contribution in [3.05, 3.63) is 36.5 Å². The monoisotopic (exact) mass is 969 g/mol. The van der Waals surface area contributed by atoms with Crippen molar-refractivity contribution in [3.63, 3.8) is 0 Å². The maximum absolute atomic E-state index is 12.8. The number of rotatable bonds is 56. The van der Waals surface area contributed by atoms with Crippen LogP contribution >= 0.6 is 0 Å². The van der Waals surface area contributed by atoms with E-state index in [0.29, 0.717) is 19.3 Å². The Morgan fingerprint density at radius 2 is 0.522 bits per heavy atom. The van der Waals surface area contributed by atoms with E-state index in [4.69, 9.17) is 14.2 Å². The molecular weight excluding hydrogens is 853 g/mol. The minimum Gasteiger partial charge on any atom is -0.462 e. The standard InChI is InChI=1S/C63H116O6/c1-4-7-10-13-16-18-20-22-24-26-27-28-29-30-31-32-33-34-35-36-37-38-40-41-43-45-47-50-53-56-62(65)68-59-60(58-67-61(64)55-52-49-15-12-9-6-3)69-63(66)57-54-51-48-46-44-42-39-25-23-21-19-17-14-11-8-5-2/h20,22,26-27,29-30,60H,4-19,21,23-25,28,31-59H2,1-3H3/b22-20-,27-26-,30-29-. The van der Waals surface area contributed by atoms with Crippen molar-refractivity contribution in [1.29, 1.82) is 0 Å². The van der Waals surface area contributed by atoms with E-state index in [9.17, 15) is 14.4 Å². The summed E-state index contributed by atoms with van der Waals surface area (Å²) in [6.07, 6.45) is 70.4. The van der Waals surface area contributed by atoms with Crippen LogP contribution in [0.15, 0.2) is 36.5 Å². The first-order chi connectivity index (χ1) is 34.0. The number of carbonyl (C=O) groups is 3. The maximum Gasteiger partial charge on any atom is 0.306 e. The van der Waals surface area contributed by atoms with E-state index in [1.54, 1.807) is 0 Å². The van der Waals surface area contributed by atoms with Crippen LogP contribution in [0.4, 0.5) is 0 Å². The van der Waals surface area contributed by atoms with Gasteiger partial charge in [0.25, 0.3) is 0 Å². The molecule has 0 rings (SSSR count). The van der Waals surface area contributed by atoms with Gasteiger partial charge in [0, 0.05) is 19.3 Å². The van der Waals surface area contributed by atoms with Gasteiger partial charge in [0.2, 0.25) is 0 Å². The maximum atomic E-state index is 12.8. The van der Waals surface area contributed by atoms with Crippen molar-refractivity contribution in [2.75, 3.05) is 13.2 Å². The lowest BCUT2D eigenvalue weighted by atomic mass is 10.0. The van der Waals surface area contributed by atoms with Gasteiger partial charge in [-0.15, -0.1) is 0 Å². The van der Waals surface area contributed by atoms with Gasteiger partial charge in [-0.2, -0.15) is 0 Å². The van der Waals surface area contributed by atoms with E-state index in [2.05, 4.69) is 57.2 Å². The molecule has 1 unspecified atom stereocenters. The second-order valence-corrected chi connectivity index (χ2v) is 20.6. The lowest BCUT2D eigenvalue weighted by molar-refractivity contribution is -0.167. The Morgan fingerprint density at radius 3 is 0.812 bits per heavy atom. The minimum absolute atomic E-state index is 0.0677. The second-order valence-electron chi connectivity index (χ2n) is 20.6. The van der Waals surface area contributed by atoms with Crippen LogP contribution in [0.1, 0.15) is 329 Å². The molecule has 0 saturated heterocycles. The van der Waals surface area contributed by atoms with Crippen molar-refractivity contribution in [3.8, 4) is 0 Å². The molecular formula is C63H116O6. The van der Waals surface area contributed by atoms with Gasteiger partial charge in [-0.1, -0.05) is 288 Å². The van der Waals surface area contributed by atoms with E-state index in [1.807, 2.05) is 0 Å². The fraction of sp³-hybridized carbons (Fsp3) is 0.857. The molecule has 0 fully saturated rings. The molecule has 0 amide bonds. The Morgan fingerprint density at radius 1 is 0.290 bits per heavy atom. The van der Waals surface area contributed by atoms with Crippen LogP contribution in [-0.2, 0) is 28.6 Å². The first-order valence-electron chi connectivity index (χ1n) is 30.5. The normalized spacial score (nSPS) is 12.2. The third-order valence-corrected chi connectivity index (χ3v) is 13.6. The van der Waals surface area contributed by atoms with E-state index >= 15 is 0 Å². The molecule has 0 aliphatic heterocycles. The molecule has 6 nitrogen and oxygen atoms in total. The zero-order valence-corrected chi connectivity index (χ0v) is 46.3. The summed E-state index contributed by atoms with van der Waals surface area (Å²) in [5.41, 5.74) is 0. The summed E-state index contributed by atoms with van der Waals surface area (Å²) < 4.78 is 16.8. The summed E-state index contributed by atoms with van der Waals surface area (Å²) >= 11 is 0. The van der Waals surface area contributed by atoms with Crippen molar-refractivity contribution in [2.45, 2.75) is 335 Å². The van der Waals surface area contributed by atoms with Crippen LogP contribution in [0.3, 0.4) is 0 Å². The summed E-state index contributed by atoms with van der Waals surface area (Å²) in [6, 6.07) is 0. The Hall–Kier alpha value is -2.37. The predicted octanol–water partition coefficient (Wildman–Crippen LogP) is 20.4. The zero-order valence-electron chi connectivity index (χ0n) is 46.3. The molecule has 0 aliphatic carbocycles. The van der Waals surface area contributed by atoms with E-state index < -0.39 is 6.10 Å². The number of allylic oxidation sites excluding steroid dienone is 6. The minimum atomic E-state index is -0.765. The summed E-state index contributed by atoms with van der Waals surface area (Å²) in [6.45, 7) is 6.61. The van der Waals surface area contributed by atoms with Gasteiger partial charge in [-0.3, -0.25) is 14.4 Å². The van der Waals surface area contributed by atoms with Crippen LogP contribution in [0.25, 0.3) is 0 Å². The highest BCUT2D eigenvalue weighted by molar-refractivity contribution is 5.71. The van der Waals surface area contributed by atoms with E-state index in [0.717, 1.165) is 70.6 Å². The molecule has 69 heavy (non-hydrogen) atoms. The van der Waals surface area contributed by atoms with Gasteiger partial charge in [-0.25, -0.2) is 0 Å². The number of hydrogen-bond donors (Lipinski definition) is 0. The highest BCUT2D eigenvalue weighted by Crippen LogP contribution is 2.17. The number of esters is 3. The topological polar surface area (TPSA) is 78.9 Å². The first kappa shape index (κ1) is 66.6. The molecule has 0 bridgehead atoms. The van der Waals surface area contributed by atoms with Crippen molar-refractivity contribution in [2.24, 2.45) is 0 Å². The van der Waals surface area contributed by atoms with Gasteiger partial charge in [-0.05, 0) is 57.8 Å². The largest absolute Gasteiger partial charge is 0.462 e. The third-order valence-electron chi connectivity index (χ3n) is 13.6. The average molecular weight is 970 g/mol. The van der Waals surface area contributed by atoms with E-state index in [-0.39, 0.29) is 31.1 Å². The fourth-order valence-corrected chi connectivity index (χ4v) is 9.04. The number of ether oxygens (including phenoxy) is 3. The highest BCUT2D eigenvalue weighted by Gasteiger charge is 2.19. The zero-order chi connectivity index (χ0) is 50.0. The lowest BCUT2D eigenvalue weighted by Crippen LogP contribution is -2.30. The van der Waals surface area contributed by atoms with Crippen LogP contribution in [0, 0.1) is 0 Å². The predicted molar refractivity (Wildman–Crippen MR) is 298 cm³/mol. The first-order valence-corrected chi connectivity index (χ1v) is 30.5. The van der Waals surface area contributed by atoms with Gasteiger partial charge in [0.1, 0.15) is 13.2 Å². The molecule has 0 aromatic carbocycles. The lowest BCUT2D eigenvalue weighted by Gasteiger charge is -2.18. The second kappa shape index (κ2) is 58.2. The SMILES string of the molecule is CCCCCCC/C=C\C/C=C\C/C=C\CCCCCCCCCCCCCCCCC(=O)OCC(COC(=O)CCCCCCCC)OC(=O)CCCCCCCCCCCCCCCCCC. The van der Waals surface area contributed by atoms with Crippen LogP contribution in [-0.4, -0.2) is 37.2 Å². The van der Waals surface area contributed by atoms with E-state index in [1.165, 1.54) is 218 Å². The molecule has 6 heteroatoms. The summed E-state index contributed by atoms with van der Waals surface area (Å²) in [7, 11) is 0. The molecule has 0 radical (unpaired) electrons. The Balaban J connectivity index is 4.01. The number of carbonyl (C=O) groups excluding carboxylic acids is 3. The molecule has 0 saturated carbocycles. The fourth-order valence-electron chi connectivity index (χ4n) is 9.04. The molecule has 0 N–H and O–H groups in total. The molecule has 1 atom stereocenters. The summed E-state index contributed by atoms with van der Waals surface area (Å²) in [5, 5.41) is 0. The van der Waals surface area contributed by atoms with Crippen molar-refractivity contribution >= 4 is 17.9 Å². The third kappa shape index (κ3) is 56.4. The average Bonchev–Trinajstić information content (AvgIpc) is 3.35. The number of unbranched alkanes of at least 4 members (excludes halogenated alkanes) is 39. The van der Waals surface area contributed by atoms with Crippen LogP contribution in [0.5, 0.6) is 0 Å². The smallest absolute Gasteiger partial charge is 0.306 e. The van der Waals surface area contributed by atoms with Crippen LogP contribution < -0.4 is 0 Å². The van der Waals surface area contributed by atoms with Gasteiger partial charge >= 0.3 is 17.9 Å². The molecule has 404 valence electrons. The summed E-state index contributed by atoms with van der Waals surface area (Å²) in [5.74, 6) is -0.859. The summed E-state index contributed by atoms with van der Waals surface area (Å²) in [4.78, 5) is 37.9. The highest BCUT2D eigenvalue weighted by atomic mass is 16.6. The molecule has 0 aliphatic rings. The van der Waals surface area contributed by atoms with Crippen molar-refractivity contribution < 1.29 is 28.6 Å². The molecule has 0 heterocycles. The van der Waals surface area contributed by atoms with Crippen molar-refractivity contribution in [1.82, 2.24) is 0 Å².